The molecule has 1 rings (SSSR count). The average molecular weight is 247 g/mol. The van der Waals surface area contributed by atoms with Crippen LogP contribution in [0.5, 0.6) is 0 Å². The van der Waals surface area contributed by atoms with Crippen molar-refractivity contribution in [2.75, 3.05) is 0 Å². The molecule has 1 aromatic heterocycles. The van der Waals surface area contributed by atoms with Crippen molar-refractivity contribution in [1.29, 1.82) is 5.26 Å². The third-order valence-corrected chi connectivity index (χ3v) is 2.76. The van der Waals surface area contributed by atoms with Crippen LogP contribution in [0.2, 0.25) is 0 Å². The molecule has 1 aromatic rings. The average Bonchev–Trinajstić information content (AvgIpc) is 2.15. The van der Waals surface area contributed by atoms with Gasteiger partial charge in [0.1, 0.15) is 22.4 Å². The molecule has 0 amide bonds. The van der Waals surface area contributed by atoms with Gasteiger partial charge >= 0.3 is 0 Å². The van der Waals surface area contributed by atoms with Crippen LogP contribution in [0, 0.1) is 18.3 Å². The lowest BCUT2D eigenvalue weighted by Gasteiger charge is -2.07. The fourth-order valence-corrected chi connectivity index (χ4v) is 1.87. The maximum Gasteiger partial charge on any atom is 0.281 e. The van der Waals surface area contributed by atoms with Crippen LogP contribution in [-0.4, -0.2) is 13.4 Å². The van der Waals surface area contributed by atoms with Crippen molar-refractivity contribution in [3.63, 3.8) is 0 Å². The Morgan fingerprint density at radius 1 is 1.56 bits per heavy atom. The number of nitrogens with two attached hydrogens (primary N) is 1. The monoisotopic (exact) mass is 247 g/mol. The van der Waals surface area contributed by atoms with Gasteiger partial charge in [-0.25, -0.2) is 27.3 Å². The molecule has 0 spiro atoms. The largest absolute Gasteiger partial charge is 0.281 e. The molecule has 0 radical (unpaired) electrons. The lowest BCUT2D eigenvalue weighted by atomic mass is 10.2. The molecular formula is C8H7F2N3O2S. The van der Waals surface area contributed by atoms with Crippen LogP contribution in [0.3, 0.4) is 0 Å². The molecule has 0 saturated carbocycles. The minimum atomic E-state index is -4.28. The highest BCUT2D eigenvalue weighted by molar-refractivity contribution is 7.89. The van der Waals surface area contributed by atoms with E-state index < -0.39 is 27.0 Å². The van der Waals surface area contributed by atoms with Crippen molar-refractivity contribution in [2.24, 2.45) is 5.14 Å². The molecule has 0 fully saturated rings. The molecule has 0 bridgehead atoms. The molecule has 2 N–H and O–H groups in total. The topological polar surface area (TPSA) is 96.8 Å². The van der Waals surface area contributed by atoms with Gasteiger partial charge in [-0.2, -0.15) is 5.26 Å². The summed E-state index contributed by atoms with van der Waals surface area (Å²) in [7, 11) is -4.28. The number of nitriles is 1. The van der Waals surface area contributed by atoms with Crippen molar-refractivity contribution in [3.05, 3.63) is 23.0 Å². The minimum absolute atomic E-state index is 0.177. The summed E-state index contributed by atoms with van der Waals surface area (Å²) in [5.74, 6) is 0. The molecule has 0 aliphatic carbocycles. The number of alkyl halides is 2. The molecule has 8 heteroatoms. The summed E-state index contributed by atoms with van der Waals surface area (Å²) in [6.07, 6.45) is -3.11. The van der Waals surface area contributed by atoms with E-state index in [1.807, 2.05) is 0 Å². The standard InChI is InChI=1S/C8H7F2N3O2S/c1-4-2-6(16(12,14)15)7(8(9)10)13-5(4)3-11/h2,8H,1H3,(H2,12,14,15). The molecule has 0 aliphatic rings. The first-order valence-electron chi connectivity index (χ1n) is 4.00. The van der Waals surface area contributed by atoms with Crippen LogP contribution in [-0.2, 0) is 10.0 Å². The van der Waals surface area contributed by atoms with Gasteiger partial charge in [-0.1, -0.05) is 0 Å². The first-order valence-corrected chi connectivity index (χ1v) is 5.54. The molecule has 0 saturated heterocycles. The van der Waals surface area contributed by atoms with E-state index in [9.17, 15) is 17.2 Å². The highest BCUT2D eigenvalue weighted by atomic mass is 32.2. The summed E-state index contributed by atoms with van der Waals surface area (Å²) < 4.78 is 47.1. The third kappa shape index (κ3) is 2.32. The number of halogens is 2. The molecule has 1 heterocycles. The lowest BCUT2D eigenvalue weighted by molar-refractivity contribution is 0.142. The second-order valence-electron chi connectivity index (χ2n) is 2.99. The van der Waals surface area contributed by atoms with E-state index >= 15 is 0 Å². The predicted molar refractivity (Wildman–Crippen MR) is 50.0 cm³/mol. The molecule has 86 valence electrons. The molecule has 5 nitrogen and oxygen atoms in total. The maximum absolute atomic E-state index is 12.5. The summed E-state index contributed by atoms with van der Waals surface area (Å²) >= 11 is 0. The Labute approximate surface area is 90.6 Å². The summed E-state index contributed by atoms with van der Waals surface area (Å²) in [6, 6.07) is 2.51. The lowest BCUT2D eigenvalue weighted by Crippen LogP contribution is -2.17. The van der Waals surface area contributed by atoms with Crippen molar-refractivity contribution in [1.82, 2.24) is 4.98 Å². The van der Waals surface area contributed by atoms with Gasteiger partial charge in [-0.15, -0.1) is 0 Å². The fourth-order valence-electron chi connectivity index (χ4n) is 1.10. The smallest absolute Gasteiger partial charge is 0.234 e. The summed E-state index contributed by atoms with van der Waals surface area (Å²) in [4.78, 5) is 2.54. The van der Waals surface area contributed by atoms with E-state index in [-0.39, 0.29) is 11.3 Å². The van der Waals surface area contributed by atoms with Crippen molar-refractivity contribution in [2.45, 2.75) is 18.2 Å². The zero-order chi connectivity index (χ0) is 12.5. The second-order valence-corrected chi connectivity index (χ2v) is 4.52. The summed E-state index contributed by atoms with van der Waals surface area (Å²) in [6.45, 7) is 1.38. The first kappa shape index (κ1) is 12.5. The van der Waals surface area contributed by atoms with E-state index in [0.29, 0.717) is 0 Å². The molecular weight excluding hydrogens is 240 g/mol. The Bertz CT molecular complexity index is 563. The third-order valence-electron chi connectivity index (χ3n) is 1.82. The van der Waals surface area contributed by atoms with E-state index in [4.69, 9.17) is 10.4 Å². The maximum atomic E-state index is 12.5. The van der Waals surface area contributed by atoms with Gasteiger partial charge in [0, 0.05) is 0 Å². The van der Waals surface area contributed by atoms with E-state index in [0.717, 1.165) is 6.07 Å². The van der Waals surface area contributed by atoms with Crippen LogP contribution in [0.25, 0.3) is 0 Å². The van der Waals surface area contributed by atoms with Crippen LogP contribution in [0.4, 0.5) is 8.78 Å². The van der Waals surface area contributed by atoms with Crippen LogP contribution >= 0.6 is 0 Å². The van der Waals surface area contributed by atoms with Crippen LogP contribution in [0.1, 0.15) is 23.4 Å². The SMILES string of the molecule is Cc1cc(S(N)(=O)=O)c(C(F)F)nc1C#N. The molecule has 0 unspecified atom stereocenters. The Morgan fingerprint density at radius 2 is 2.12 bits per heavy atom. The van der Waals surface area contributed by atoms with Crippen LogP contribution in [0.15, 0.2) is 11.0 Å². The number of primary sulfonamides is 1. The number of pyridine rings is 1. The van der Waals surface area contributed by atoms with Gasteiger partial charge in [-0.05, 0) is 18.6 Å². The highest BCUT2D eigenvalue weighted by Gasteiger charge is 2.24. The highest BCUT2D eigenvalue weighted by Crippen LogP contribution is 2.25. The van der Waals surface area contributed by atoms with Gasteiger partial charge in [-0.3, -0.25) is 0 Å². The van der Waals surface area contributed by atoms with Gasteiger partial charge in [0.2, 0.25) is 10.0 Å². The number of hydrogen-bond acceptors (Lipinski definition) is 4. The number of sulfonamides is 1. The number of rotatable bonds is 2. The molecule has 0 aliphatic heterocycles. The normalized spacial score (nSPS) is 11.5. The minimum Gasteiger partial charge on any atom is -0.234 e. The number of aromatic nitrogens is 1. The first-order chi connectivity index (χ1) is 7.27. The Hall–Kier alpha value is -1.59. The van der Waals surface area contributed by atoms with E-state index in [2.05, 4.69) is 4.98 Å². The Kier molecular flexibility index (Phi) is 3.21. The summed E-state index contributed by atoms with van der Waals surface area (Å²) in [5.41, 5.74) is -1.07. The van der Waals surface area contributed by atoms with E-state index in [1.54, 1.807) is 6.07 Å². The quantitative estimate of drug-likeness (QED) is 0.837. The summed E-state index contributed by atoms with van der Waals surface area (Å²) in [5, 5.41) is 13.4. The van der Waals surface area contributed by atoms with Crippen molar-refractivity contribution in [3.8, 4) is 6.07 Å². The van der Waals surface area contributed by atoms with E-state index in [1.165, 1.54) is 6.92 Å². The molecule has 16 heavy (non-hydrogen) atoms. The predicted octanol–water partition coefficient (Wildman–Crippen LogP) is 0.847. The zero-order valence-electron chi connectivity index (χ0n) is 8.11. The zero-order valence-corrected chi connectivity index (χ0v) is 8.92. The van der Waals surface area contributed by atoms with Gasteiger partial charge in [0.15, 0.2) is 0 Å². The number of hydrogen-bond donors (Lipinski definition) is 1. The fraction of sp³-hybridized carbons (Fsp3) is 0.250. The van der Waals surface area contributed by atoms with Gasteiger partial charge < -0.3 is 0 Å². The Morgan fingerprint density at radius 3 is 2.50 bits per heavy atom. The molecule has 0 aromatic carbocycles. The molecule has 0 atom stereocenters. The van der Waals surface area contributed by atoms with Crippen LogP contribution < -0.4 is 5.14 Å². The van der Waals surface area contributed by atoms with Crippen molar-refractivity contribution < 1.29 is 17.2 Å². The van der Waals surface area contributed by atoms with Gasteiger partial charge in [0.05, 0.1) is 0 Å². The number of aryl methyl sites for hydroxylation is 1. The number of nitrogens with zero attached hydrogens (tertiary/aromatic N) is 2. The Balaban J connectivity index is 3.63. The van der Waals surface area contributed by atoms with Crippen molar-refractivity contribution >= 4 is 10.0 Å². The second kappa shape index (κ2) is 4.11. The van der Waals surface area contributed by atoms with Gasteiger partial charge in [0.25, 0.3) is 6.43 Å².